The zero-order chi connectivity index (χ0) is 23.6. The molecule has 2 amide bonds. The molecule has 9 heteroatoms. The van der Waals surface area contributed by atoms with Crippen LogP contribution in [-0.2, 0) is 24.3 Å². The smallest absolute Gasteiger partial charge is 0.240 e. The lowest BCUT2D eigenvalue weighted by atomic mass is 10.1. The Morgan fingerprint density at radius 3 is 2.55 bits per heavy atom. The maximum Gasteiger partial charge on any atom is 0.240 e. The van der Waals surface area contributed by atoms with Crippen molar-refractivity contribution in [3.63, 3.8) is 0 Å². The van der Waals surface area contributed by atoms with E-state index in [4.69, 9.17) is 4.74 Å². The van der Waals surface area contributed by atoms with Gasteiger partial charge in [-0.15, -0.1) is 0 Å². The van der Waals surface area contributed by atoms with Crippen LogP contribution < -0.4 is 14.9 Å². The Morgan fingerprint density at radius 1 is 1.12 bits per heavy atom. The molecule has 0 bridgehead atoms. The molecule has 0 aliphatic carbocycles. The fourth-order valence-corrected chi connectivity index (χ4v) is 5.15. The molecule has 8 nitrogen and oxygen atoms in total. The minimum atomic E-state index is -3.65. The monoisotopic (exact) mass is 471 g/mol. The minimum Gasteiger partial charge on any atom is -0.377 e. The normalized spacial score (nSPS) is 20.9. The first kappa shape index (κ1) is 23.4. The highest BCUT2D eigenvalue weighted by atomic mass is 32.2. The molecular formula is C24H29N3O5S. The Kier molecular flexibility index (Phi) is 6.83. The topological polar surface area (TPSA) is 105 Å². The quantitative estimate of drug-likeness (QED) is 0.646. The van der Waals surface area contributed by atoms with E-state index in [9.17, 15) is 18.0 Å². The lowest BCUT2D eigenvalue weighted by Gasteiger charge is -2.18. The molecular weight excluding hydrogens is 442 g/mol. The Hall–Kier alpha value is -2.75. The number of carbonyl (C=O) groups is 2. The predicted molar refractivity (Wildman–Crippen MR) is 126 cm³/mol. The van der Waals surface area contributed by atoms with E-state index in [2.05, 4.69) is 10.0 Å². The molecule has 2 aromatic rings. The first-order valence-electron chi connectivity index (χ1n) is 11.1. The largest absolute Gasteiger partial charge is 0.377 e. The first-order valence-corrected chi connectivity index (χ1v) is 12.6. The van der Waals surface area contributed by atoms with E-state index in [0.717, 1.165) is 29.7 Å². The molecule has 2 fully saturated rings. The molecule has 2 N–H and O–H groups in total. The van der Waals surface area contributed by atoms with Crippen molar-refractivity contribution in [1.82, 2.24) is 4.72 Å². The van der Waals surface area contributed by atoms with Gasteiger partial charge in [-0.2, -0.15) is 0 Å². The molecule has 0 radical (unpaired) electrons. The number of nitrogens with one attached hydrogen (secondary N) is 2. The van der Waals surface area contributed by atoms with Crippen LogP contribution in [0.5, 0.6) is 0 Å². The van der Waals surface area contributed by atoms with Crippen LogP contribution in [0.4, 0.5) is 11.4 Å². The third-order valence-corrected chi connectivity index (χ3v) is 7.69. The highest BCUT2D eigenvalue weighted by Gasteiger charge is 2.35. The van der Waals surface area contributed by atoms with E-state index in [0.29, 0.717) is 18.8 Å². The van der Waals surface area contributed by atoms with Gasteiger partial charge in [-0.25, -0.2) is 13.1 Å². The van der Waals surface area contributed by atoms with Crippen LogP contribution in [0, 0.1) is 19.8 Å². The number of aryl methyl sites for hydroxylation is 2. The van der Waals surface area contributed by atoms with Crippen LogP contribution >= 0.6 is 0 Å². The van der Waals surface area contributed by atoms with E-state index in [1.54, 1.807) is 17.0 Å². The van der Waals surface area contributed by atoms with E-state index in [1.165, 1.54) is 12.1 Å². The van der Waals surface area contributed by atoms with Crippen molar-refractivity contribution in [2.45, 2.75) is 44.1 Å². The first-order chi connectivity index (χ1) is 15.7. The van der Waals surface area contributed by atoms with Gasteiger partial charge in [-0.05, 0) is 74.2 Å². The fourth-order valence-electron chi connectivity index (χ4n) is 4.08. The average Bonchev–Trinajstić information content (AvgIpc) is 3.44. The summed E-state index contributed by atoms with van der Waals surface area (Å²) in [6.45, 7) is 5.22. The van der Waals surface area contributed by atoms with Gasteiger partial charge in [0.25, 0.3) is 0 Å². The lowest BCUT2D eigenvalue weighted by Crippen LogP contribution is -2.31. The highest BCUT2D eigenvalue weighted by Crippen LogP contribution is 2.28. The summed E-state index contributed by atoms with van der Waals surface area (Å²) in [5, 5.41) is 2.80. The van der Waals surface area contributed by atoms with Crippen LogP contribution in [0.25, 0.3) is 0 Å². The van der Waals surface area contributed by atoms with Crippen molar-refractivity contribution >= 4 is 33.2 Å². The van der Waals surface area contributed by atoms with Crippen LogP contribution in [0.1, 0.15) is 30.4 Å². The van der Waals surface area contributed by atoms with E-state index in [-0.39, 0.29) is 35.8 Å². The van der Waals surface area contributed by atoms with Crippen LogP contribution in [0.15, 0.2) is 47.4 Å². The molecule has 0 spiro atoms. The van der Waals surface area contributed by atoms with Crippen molar-refractivity contribution in [2.75, 3.05) is 29.9 Å². The van der Waals surface area contributed by atoms with Gasteiger partial charge in [-0.3, -0.25) is 9.59 Å². The van der Waals surface area contributed by atoms with Crippen molar-refractivity contribution in [1.29, 1.82) is 0 Å². The maximum atomic E-state index is 12.8. The molecule has 2 aromatic carbocycles. The summed E-state index contributed by atoms with van der Waals surface area (Å²) in [6, 6.07) is 11.8. The highest BCUT2D eigenvalue weighted by molar-refractivity contribution is 7.89. The number of rotatable bonds is 7. The molecule has 33 heavy (non-hydrogen) atoms. The summed E-state index contributed by atoms with van der Waals surface area (Å²) in [4.78, 5) is 27.0. The third-order valence-electron chi connectivity index (χ3n) is 6.26. The van der Waals surface area contributed by atoms with Crippen molar-refractivity contribution in [2.24, 2.45) is 5.92 Å². The molecule has 176 valence electrons. The van der Waals surface area contributed by atoms with Gasteiger partial charge < -0.3 is 15.0 Å². The maximum absolute atomic E-state index is 12.8. The molecule has 2 atom stereocenters. The molecule has 2 heterocycles. The number of sulfonamides is 1. The Balaban J connectivity index is 1.35. The van der Waals surface area contributed by atoms with Gasteiger partial charge in [0.15, 0.2) is 0 Å². The zero-order valence-electron chi connectivity index (χ0n) is 18.8. The van der Waals surface area contributed by atoms with Gasteiger partial charge in [0, 0.05) is 37.5 Å². The number of nitrogens with zero attached hydrogens (tertiary/aromatic N) is 1. The lowest BCUT2D eigenvalue weighted by molar-refractivity contribution is -0.122. The van der Waals surface area contributed by atoms with Crippen molar-refractivity contribution in [3.05, 3.63) is 53.6 Å². The number of ether oxygens (including phenoxy) is 1. The second kappa shape index (κ2) is 9.62. The minimum absolute atomic E-state index is 0.0860. The molecule has 0 unspecified atom stereocenters. The second-order valence-corrected chi connectivity index (χ2v) is 10.4. The van der Waals surface area contributed by atoms with Crippen LogP contribution in [0.2, 0.25) is 0 Å². The molecule has 2 aliphatic rings. The second-order valence-electron chi connectivity index (χ2n) is 8.67. The van der Waals surface area contributed by atoms with Crippen molar-refractivity contribution < 1.29 is 22.7 Å². The SMILES string of the molecule is Cc1ccc(N2C[C@@H](C(=O)Nc3ccc(S(=O)(=O)NC[C@@H]4CCCO4)cc3)CC2=O)cc1C. The van der Waals surface area contributed by atoms with E-state index >= 15 is 0 Å². The predicted octanol–water partition coefficient (Wildman–Crippen LogP) is 2.75. The molecule has 4 rings (SSSR count). The summed E-state index contributed by atoms with van der Waals surface area (Å²) < 4.78 is 33.0. The van der Waals surface area contributed by atoms with Crippen LogP contribution in [-0.4, -0.2) is 46.0 Å². The molecule has 2 aliphatic heterocycles. The van der Waals surface area contributed by atoms with Gasteiger partial charge in [0.2, 0.25) is 21.8 Å². The van der Waals surface area contributed by atoms with Gasteiger partial charge >= 0.3 is 0 Å². The fraction of sp³-hybridized carbons (Fsp3) is 0.417. The number of hydrogen-bond acceptors (Lipinski definition) is 5. The van der Waals surface area contributed by atoms with E-state index in [1.807, 2.05) is 32.0 Å². The summed E-state index contributed by atoms with van der Waals surface area (Å²) in [5.41, 5.74) is 3.51. The average molecular weight is 472 g/mol. The molecule has 2 saturated heterocycles. The van der Waals surface area contributed by atoms with Gasteiger partial charge in [0.05, 0.1) is 16.9 Å². The summed E-state index contributed by atoms with van der Waals surface area (Å²) in [5.74, 6) is -0.824. The number of amides is 2. The number of hydrogen-bond donors (Lipinski definition) is 2. The molecule has 0 saturated carbocycles. The Labute approximate surface area is 194 Å². The van der Waals surface area contributed by atoms with Crippen molar-refractivity contribution in [3.8, 4) is 0 Å². The summed E-state index contributed by atoms with van der Waals surface area (Å²) in [7, 11) is -3.65. The Bertz CT molecular complexity index is 1140. The number of carbonyl (C=O) groups excluding carboxylic acids is 2. The van der Waals surface area contributed by atoms with Crippen LogP contribution in [0.3, 0.4) is 0 Å². The summed E-state index contributed by atoms with van der Waals surface area (Å²) >= 11 is 0. The third kappa shape index (κ3) is 5.43. The van der Waals surface area contributed by atoms with Gasteiger partial charge in [-0.1, -0.05) is 6.07 Å². The zero-order valence-corrected chi connectivity index (χ0v) is 19.7. The van der Waals surface area contributed by atoms with E-state index < -0.39 is 15.9 Å². The Morgan fingerprint density at radius 2 is 1.88 bits per heavy atom. The number of benzene rings is 2. The number of anilines is 2. The van der Waals surface area contributed by atoms with Gasteiger partial charge in [0.1, 0.15) is 0 Å². The molecule has 0 aromatic heterocycles. The standard InChI is InChI=1S/C24H29N3O5S/c1-16-5-8-20(12-17(16)2)27-15-18(13-23(27)28)24(29)26-19-6-9-22(10-7-19)33(30,31)25-14-21-4-3-11-32-21/h5-10,12,18,21,25H,3-4,11,13-15H2,1-2H3,(H,26,29)/t18-,21-/m0/s1. The summed E-state index contributed by atoms with van der Waals surface area (Å²) in [6.07, 6.45) is 1.84.